The number of hydrogen-bond acceptors (Lipinski definition) is 9. The van der Waals surface area contributed by atoms with Crippen LogP contribution in [-0.4, -0.2) is 59.5 Å². The zero-order valence-electron chi connectivity index (χ0n) is 26.6. The van der Waals surface area contributed by atoms with E-state index in [0.717, 1.165) is 0 Å². The van der Waals surface area contributed by atoms with Crippen molar-refractivity contribution in [3.8, 4) is 0 Å². The van der Waals surface area contributed by atoms with Crippen molar-refractivity contribution in [1.29, 1.82) is 0 Å². The van der Waals surface area contributed by atoms with Gasteiger partial charge in [0.25, 0.3) is 6.43 Å². The van der Waals surface area contributed by atoms with Crippen molar-refractivity contribution in [3.05, 3.63) is 70.4 Å². The van der Waals surface area contributed by atoms with Crippen LogP contribution < -0.4 is 0 Å². The first-order valence-corrected chi connectivity index (χ1v) is 13.1. The number of ether oxygens (including phenoxy) is 5. The summed E-state index contributed by atoms with van der Waals surface area (Å²) in [5.74, 6) is -4.24. The number of esters is 4. The van der Waals surface area contributed by atoms with Gasteiger partial charge < -0.3 is 28.3 Å². The van der Waals surface area contributed by atoms with E-state index >= 15 is 0 Å². The number of benzene rings is 2. The highest BCUT2D eigenvalue weighted by Crippen LogP contribution is 2.39. The number of carbonyl (C=O) groups is 4. The van der Waals surface area contributed by atoms with Crippen molar-refractivity contribution in [2.45, 2.75) is 71.1 Å². The first-order chi connectivity index (χ1) is 22.5. The number of rotatable bonds is 9. The highest BCUT2D eigenvalue weighted by atomic mass is 35.5. The Hall–Kier alpha value is -4.03. The number of halogens is 3. The van der Waals surface area contributed by atoms with Gasteiger partial charge in [0, 0.05) is 50.2 Å². The van der Waals surface area contributed by atoms with Gasteiger partial charge in [0.2, 0.25) is 0 Å². The Bertz CT molecular complexity index is 1590. The standard InChI is InChI=1S/C30H30ClF2NO9/c1-15(35)39-14-24-26(40-16(2)36)27(41-17(3)37)28(42-18(4)38)30(43-24)34-13-21(25-22(31)6-5-7-23(25)34)12-19-8-10-20(11-9-19)29(32)33/h5-11,13,24,26-30H,12,14H2,1-4H3/t24-,26-,27+,28-,30?/m1/s1/i1D,2D,3D,4D. The average Bonchev–Trinajstić information content (AvgIpc) is 3.44. The van der Waals surface area contributed by atoms with E-state index in [0.29, 0.717) is 27.1 Å². The molecule has 0 N–H and O–H groups in total. The minimum Gasteiger partial charge on any atom is -0.463 e. The minimum atomic E-state index is -2.65. The number of fused-ring (bicyclic) bond motifs is 1. The molecule has 1 aliphatic rings. The fraction of sp³-hybridized carbons (Fsp3) is 0.400. The summed E-state index contributed by atoms with van der Waals surface area (Å²) in [4.78, 5) is 49.3. The summed E-state index contributed by atoms with van der Waals surface area (Å²) in [6.45, 7) is -3.98. The summed E-state index contributed by atoms with van der Waals surface area (Å²) in [7, 11) is 0. The van der Waals surface area contributed by atoms with Gasteiger partial charge in [-0.1, -0.05) is 41.9 Å². The van der Waals surface area contributed by atoms with E-state index in [1.807, 2.05) is 0 Å². The van der Waals surface area contributed by atoms with Gasteiger partial charge in [-0.3, -0.25) is 19.2 Å². The summed E-state index contributed by atoms with van der Waals surface area (Å²) in [6, 6.07) is 10.6. The third kappa shape index (κ3) is 7.49. The molecular weight excluding hydrogens is 592 g/mol. The maximum Gasteiger partial charge on any atom is 0.303 e. The average molecular weight is 626 g/mol. The van der Waals surface area contributed by atoms with E-state index in [1.54, 1.807) is 24.4 Å². The molecule has 0 radical (unpaired) electrons. The molecule has 43 heavy (non-hydrogen) atoms. The molecule has 0 amide bonds. The summed E-state index contributed by atoms with van der Waals surface area (Å²) in [6.07, 6.45) is -8.62. The molecule has 0 aliphatic carbocycles. The predicted octanol–water partition coefficient (Wildman–Crippen LogP) is 5.08. The third-order valence-corrected chi connectivity index (χ3v) is 6.92. The third-order valence-electron chi connectivity index (χ3n) is 6.61. The van der Waals surface area contributed by atoms with Gasteiger partial charge in [-0.05, 0) is 29.7 Å². The Morgan fingerprint density at radius 3 is 2.16 bits per heavy atom. The van der Waals surface area contributed by atoms with Crippen LogP contribution in [0.3, 0.4) is 0 Å². The second-order valence-corrected chi connectivity index (χ2v) is 9.93. The van der Waals surface area contributed by atoms with Crippen LogP contribution in [-0.2, 0) is 49.3 Å². The molecule has 2 heterocycles. The van der Waals surface area contributed by atoms with E-state index in [-0.39, 0.29) is 12.0 Å². The van der Waals surface area contributed by atoms with Gasteiger partial charge in [0.1, 0.15) is 12.7 Å². The molecule has 1 saturated heterocycles. The quantitative estimate of drug-likeness (QED) is 0.237. The molecule has 13 heteroatoms. The second-order valence-electron chi connectivity index (χ2n) is 9.53. The number of nitrogens with zero attached hydrogens (tertiary/aromatic N) is 1. The van der Waals surface area contributed by atoms with E-state index in [2.05, 4.69) is 0 Å². The lowest BCUT2D eigenvalue weighted by molar-refractivity contribution is -0.267. The molecule has 0 bridgehead atoms. The van der Waals surface area contributed by atoms with Crippen LogP contribution in [0.25, 0.3) is 10.9 Å². The van der Waals surface area contributed by atoms with Crippen LogP contribution in [0.5, 0.6) is 0 Å². The smallest absolute Gasteiger partial charge is 0.303 e. The van der Waals surface area contributed by atoms with Gasteiger partial charge in [0.15, 0.2) is 24.5 Å². The van der Waals surface area contributed by atoms with Crippen molar-refractivity contribution < 1.29 is 57.1 Å². The second kappa shape index (κ2) is 13.5. The van der Waals surface area contributed by atoms with Crippen molar-refractivity contribution in [2.24, 2.45) is 0 Å². The first kappa shape index (κ1) is 26.6. The first-order valence-electron chi connectivity index (χ1n) is 15.5. The number of carbonyl (C=O) groups excluding carboxylic acids is 4. The van der Waals surface area contributed by atoms with Crippen LogP contribution in [0, 0.1) is 0 Å². The lowest BCUT2D eigenvalue weighted by Crippen LogP contribution is -2.60. The Morgan fingerprint density at radius 2 is 1.53 bits per heavy atom. The largest absolute Gasteiger partial charge is 0.463 e. The van der Waals surface area contributed by atoms with Gasteiger partial charge >= 0.3 is 23.9 Å². The van der Waals surface area contributed by atoms with Crippen LogP contribution in [0.4, 0.5) is 8.78 Å². The van der Waals surface area contributed by atoms with E-state index < -0.39 is 95.2 Å². The van der Waals surface area contributed by atoms with E-state index in [9.17, 15) is 28.0 Å². The lowest BCUT2D eigenvalue weighted by Gasteiger charge is -2.44. The molecule has 4 rings (SSSR count). The van der Waals surface area contributed by atoms with E-state index in [4.69, 9.17) is 40.8 Å². The normalized spacial score (nSPS) is 23.0. The Labute approximate surface area is 256 Å². The Balaban J connectivity index is 1.88. The van der Waals surface area contributed by atoms with Crippen molar-refractivity contribution in [3.63, 3.8) is 0 Å². The van der Waals surface area contributed by atoms with E-state index in [1.165, 1.54) is 28.8 Å². The molecule has 1 aromatic heterocycles. The predicted molar refractivity (Wildman–Crippen MR) is 148 cm³/mol. The van der Waals surface area contributed by atoms with Crippen molar-refractivity contribution in [1.82, 2.24) is 4.57 Å². The van der Waals surface area contributed by atoms with Crippen LogP contribution in [0.2, 0.25) is 5.02 Å². The summed E-state index contributed by atoms with van der Waals surface area (Å²) in [5.41, 5.74) is 1.50. The molecule has 0 spiro atoms. The van der Waals surface area contributed by atoms with Crippen LogP contribution >= 0.6 is 11.6 Å². The highest BCUT2D eigenvalue weighted by molar-refractivity contribution is 6.35. The Kier molecular flexibility index (Phi) is 8.36. The highest BCUT2D eigenvalue weighted by Gasteiger charge is 2.53. The summed E-state index contributed by atoms with van der Waals surface area (Å²) < 4.78 is 85.3. The fourth-order valence-corrected chi connectivity index (χ4v) is 5.27. The minimum absolute atomic E-state index is 0.157. The lowest BCUT2D eigenvalue weighted by atomic mass is 9.97. The van der Waals surface area contributed by atoms with Gasteiger partial charge in [-0.15, -0.1) is 0 Å². The topological polar surface area (TPSA) is 119 Å². The molecule has 1 unspecified atom stereocenters. The maximum atomic E-state index is 13.2. The molecule has 5 atom stereocenters. The van der Waals surface area contributed by atoms with Crippen LogP contribution in [0.1, 0.15) is 62.4 Å². The molecule has 1 fully saturated rings. The molecule has 10 nitrogen and oxygen atoms in total. The summed E-state index contributed by atoms with van der Waals surface area (Å²) in [5, 5.41) is 0.817. The van der Waals surface area contributed by atoms with Gasteiger partial charge in [-0.2, -0.15) is 0 Å². The zero-order chi connectivity index (χ0) is 34.2. The number of hydrogen-bond donors (Lipinski definition) is 0. The zero-order valence-corrected chi connectivity index (χ0v) is 23.3. The fourth-order valence-electron chi connectivity index (χ4n) is 4.98. The Morgan fingerprint density at radius 1 is 0.907 bits per heavy atom. The monoisotopic (exact) mass is 625 g/mol. The molecule has 3 aromatic rings. The molecular formula is C30H30ClF2NO9. The van der Waals surface area contributed by atoms with Crippen molar-refractivity contribution in [2.75, 3.05) is 6.61 Å². The van der Waals surface area contributed by atoms with Crippen LogP contribution in [0.15, 0.2) is 48.7 Å². The SMILES string of the molecule is [2H]CC(=O)OC[C@H]1OC(n2cc(Cc3ccc(C(F)F)cc3)c3c(Cl)cccc32)[C@H](OC(=O)C[2H])[C@@H](OC(=O)C[2H])[C@@H]1OC(=O)C[2H]. The maximum absolute atomic E-state index is 13.2. The van der Waals surface area contributed by atoms with Gasteiger partial charge in [-0.25, -0.2) is 8.78 Å². The van der Waals surface area contributed by atoms with Crippen molar-refractivity contribution >= 4 is 46.4 Å². The molecule has 230 valence electrons. The summed E-state index contributed by atoms with van der Waals surface area (Å²) >= 11 is 6.63. The molecule has 2 aromatic carbocycles. The molecule has 0 saturated carbocycles. The number of alkyl halides is 2. The number of aromatic nitrogens is 1. The molecule has 1 aliphatic heterocycles. The van der Waals surface area contributed by atoms with Gasteiger partial charge in [0.05, 0.1) is 10.5 Å².